The van der Waals surface area contributed by atoms with Gasteiger partial charge in [-0.25, -0.2) is 4.39 Å². The van der Waals surface area contributed by atoms with E-state index in [1.807, 2.05) is 12.1 Å². The number of halogens is 1. The van der Waals surface area contributed by atoms with E-state index in [4.69, 9.17) is 5.73 Å². The van der Waals surface area contributed by atoms with Gasteiger partial charge >= 0.3 is 0 Å². The summed E-state index contributed by atoms with van der Waals surface area (Å²) in [5.74, 6) is 0.577. The molecule has 1 nitrogen and oxygen atoms in total. The molecule has 2 heteroatoms. The fourth-order valence-corrected chi connectivity index (χ4v) is 2.80. The van der Waals surface area contributed by atoms with Crippen molar-refractivity contribution in [2.45, 2.75) is 51.0 Å². The molecule has 0 radical (unpaired) electrons. The van der Waals surface area contributed by atoms with E-state index in [0.29, 0.717) is 0 Å². The molecular formula is C15H22FN. The van der Waals surface area contributed by atoms with Gasteiger partial charge in [-0.15, -0.1) is 0 Å². The Hall–Kier alpha value is -0.890. The van der Waals surface area contributed by atoms with Crippen LogP contribution in [0.2, 0.25) is 0 Å². The number of nitrogens with two attached hydrogens (primary N) is 1. The van der Waals surface area contributed by atoms with Crippen LogP contribution in [0.5, 0.6) is 0 Å². The first kappa shape index (κ1) is 12.6. The SMILES string of the molecule is NC(CC1CCCCCC1)c1ccc(F)cc1. The van der Waals surface area contributed by atoms with Crippen LogP contribution in [0.1, 0.15) is 56.6 Å². The maximum atomic E-state index is 12.8. The highest BCUT2D eigenvalue weighted by atomic mass is 19.1. The molecule has 1 saturated carbocycles. The summed E-state index contributed by atoms with van der Waals surface area (Å²) in [6.45, 7) is 0. The molecule has 1 aliphatic rings. The predicted molar refractivity (Wildman–Crippen MR) is 69.1 cm³/mol. The smallest absolute Gasteiger partial charge is 0.123 e. The van der Waals surface area contributed by atoms with Gasteiger partial charge in [0.05, 0.1) is 0 Å². The molecule has 1 atom stereocenters. The van der Waals surface area contributed by atoms with Gasteiger partial charge in [-0.3, -0.25) is 0 Å². The Labute approximate surface area is 103 Å². The normalized spacial score (nSPS) is 19.9. The van der Waals surface area contributed by atoms with Crippen LogP contribution in [0.4, 0.5) is 4.39 Å². The topological polar surface area (TPSA) is 26.0 Å². The molecule has 0 amide bonds. The molecular weight excluding hydrogens is 213 g/mol. The number of hydrogen-bond donors (Lipinski definition) is 1. The summed E-state index contributed by atoms with van der Waals surface area (Å²) in [7, 11) is 0. The molecule has 1 aliphatic carbocycles. The molecule has 2 rings (SSSR count). The minimum absolute atomic E-state index is 0.0682. The van der Waals surface area contributed by atoms with Crippen molar-refractivity contribution in [3.8, 4) is 0 Å². The highest BCUT2D eigenvalue weighted by molar-refractivity contribution is 5.19. The molecule has 2 N–H and O–H groups in total. The number of rotatable bonds is 3. The maximum Gasteiger partial charge on any atom is 0.123 e. The predicted octanol–water partition coefficient (Wildman–Crippen LogP) is 4.19. The van der Waals surface area contributed by atoms with Gasteiger partial charge in [0.2, 0.25) is 0 Å². The highest BCUT2D eigenvalue weighted by Gasteiger charge is 2.16. The molecule has 0 spiro atoms. The van der Waals surface area contributed by atoms with E-state index in [2.05, 4.69) is 0 Å². The monoisotopic (exact) mass is 235 g/mol. The average molecular weight is 235 g/mol. The molecule has 1 aromatic rings. The van der Waals surface area contributed by atoms with Crippen LogP contribution in [0.15, 0.2) is 24.3 Å². The van der Waals surface area contributed by atoms with Crippen molar-refractivity contribution in [3.05, 3.63) is 35.6 Å². The van der Waals surface area contributed by atoms with Crippen LogP contribution in [-0.4, -0.2) is 0 Å². The summed E-state index contributed by atoms with van der Waals surface area (Å²) in [6, 6.07) is 6.71. The van der Waals surface area contributed by atoms with Gasteiger partial charge in [0.25, 0.3) is 0 Å². The third kappa shape index (κ3) is 3.81. The van der Waals surface area contributed by atoms with Crippen LogP contribution in [-0.2, 0) is 0 Å². The summed E-state index contributed by atoms with van der Waals surface area (Å²) in [4.78, 5) is 0. The largest absolute Gasteiger partial charge is 0.324 e. The van der Waals surface area contributed by atoms with Gasteiger partial charge in [-0.05, 0) is 30.0 Å². The Kier molecular flexibility index (Phi) is 4.55. The lowest BCUT2D eigenvalue weighted by Crippen LogP contribution is -2.15. The van der Waals surface area contributed by atoms with Gasteiger partial charge in [0.1, 0.15) is 5.82 Å². The van der Waals surface area contributed by atoms with E-state index in [-0.39, 0.29) is 11.9 Å². The van der Waals surface area contributed by atoms with Crippen molar-refractivity contribution < 1.29 is 4.39 Å². The van der Waals surface area contributed by atoms with E-state index in [1.54, 1.807) is 0 Å². The average Bonchev–Trinajstić information content (AvgIpc) is 2.58. The van der Waals surface area contributed by atoms with Crippen molar-refractivity contribution in [2.24, 2.45) is 11.7 Å². The first-order valence-electron chi connectivity index (χ1n) is 6.77. The Morgan fingerprint density at radius 3 is 2.24 bits per heavy atom. The summed E-state index contributed by atoms with van der Waals surface area (Å²) in [6.07, 6.45) is 9.13. The molecule has 1 aromatic carbocycles. The van der Waals surface area contributed by atoms with Gasteiger partial charge in [-0.2, -0.15) is 0 Å². The lowest BCUT2D eigenvalue weighted by molar-refractivity contribution is 0.392. The summed E-state index contributed by atoms with van der Waals surface area (Å²) >= 11 is 0. The quantitative estimate of drug-likeness (QED) is 0.781. The molecule has 1 fully saturated rings. The summed E-state index contributed by atoms with van der Waals surface area (Å²) < 4.78 is 12.8. The maximum absolute atomic E-state index is 12.8. The second kappa shape index (κ2) is 6.15. The molecule has 0 aliphatic heterocycles. The van der Waals surface area contributed by atoms with Gasteiger partial charge < -0.3 is 5.73 Å². The van der Waals surface area contributed by atoms with Gasteiger partial charge in [0.15, 0.2) is 0 Å². The fraction of sp³-hybridized carbons (Fsp3) is 0.600. The highest BCUT2D eigenvalue weighted by Crippen LogP contribution is 2.29. The lowest BCUT2D eigenvalue weighted by Gasteiger charge is -2.19. The van der Waals surface area contributed by atoms with Crippen molar-refractivity contribution in [2.75, 3.05) is 0 Å². The Balaban J connectivity index is 1.91. The molecule has 0 bridgehead atoms. The van der Waals surface area contributed by atoms with Crippen LogP contribution >= 0.6 is 0 Å². The second-order valence-electron chi connectivity index (χ2n) is 5.25. The Morgan fingerprint density at radius 1 is 1.06 bits per heavy atom. The zero-order valence-corrected chi connectivity index (χ0v) is 10.4. The minimum atomic E-state index is -0.185. The van der Waals surface area contributed by atoms with Crippen LogP contribution < -0.4 is 5.73 Å². The zero-order chi connectivity index (χ0) is 12.1. The Morgan fingerprint density at radius 2 is 1.65 bits per heavy atom. The Bertz CT molecular complexity index is 325. The molecule has 17 heavy (non-hydrogen) atoms. The van der Waals surface area contributed by atoms with Crippen molar-refractivity contribution in [1.82, 2.24) is 0 Å². The number of hydrogen-bond acceptors (Lipinski definition) is 1. The summed E-state index contributed by atoms with van der Waals surface area (Å²) in [5.41, 5.74) is 7.27. The zero-order valence-electron chi connectivity index (χ0n) is 10.4. The van der Waals surface area contributed by atoms with Crippen molar-refractivity contribution >= 4 is 0 Å². The molecule has 1 unspecified atom stereocenters. The first-order chi connectivity index (χ1) is 8.25. The van der Waals surface area contributed by atoms with E-state index < -0.39 is 0 Å². The standard InChI is InChI=1S/C15H22FN/c16-14-9-7-13(8-10-14)15(17)11-12-5-3-1-2-4-6-12/h7-10,12,15H,1-6,11,17H2. The van der Waals surface area contributed by atoms with E-state index in [1.165, 1.54) is 50.7 Å². The third-order valence-corrected chi connectivity index (χ3v) is 3.86. The van der Waals surface area contributed by atoms with E-state index >= 15 is 0 Å². The minimum Gasteiger partial charge on any atom is -0.324 e. The van der Waals surface area contributed by atoms with Gasteiger partial charge in [-0.1, -0.05) is 50.7 Å². The molecule has 0 aromatic heterocycles. The van der Waals surface area contributed by atoms with Crippen molar-refractivity contribution in [1.29, 1.82) is 0 Å². The van der Waals surface area contributed by atoms with Crippen molar-refractivity contribution in [3.63, 3.8) is 0 Å². The molecule has 0 saturated heterocycles. The van der Waals surface area contributed by atoms with Gasteiger partial charge in [0, 0.05) is 6.04 Å². The molecule has 94 valence electrons. The van der Waals surface area contributed by atoms with E-state index in [9.17, 15) is 4.39 Å². The fourth-order valence-electron chi connectivity index (χ4n) is 2.80. The first-order valence-corrected chi connectivity index (χ1v) is 6.77. The van der Waals surface area contributed by atoms with Crippen LogP contribution in [0, 0.1) is 11.7 Å². The third-order valence-electron chi connectivity index (χ3n) is 3.86. The van der Waals surface area contributed by atoms with Crippen LogP contribution in [0.25, 0.3) is 0 Å². The number of benzene rings is 1. The second-order valence-corrected chi connectivity index (χ2v) is 5.25. The molecule has 0 heterocycles. The van der Waals surface area contributed by atoms with Crippen LogP contribution in [0.3, 0.4) is 0 Å². The van der Waals surface area contributed by atoms with E-state index in [0.717, 1.165) is 17.9 Å². The summed E-state index contributed by atoms with van der Waals surface area (Å²) in [5, 5.41) is 0. The lowest BCUT2D eigenvalue weighted by atomic mass is 9.90.